The number of ketones is 1. The number of fused-ring (bicyclic) bond motifs is 1. The number of carbonyl (C=O) groups excluding carboxylic acids is 1. The maximum Gasteiger partial charge on any atom is 0.148 e. The Bertz CT molecular complexity index is 696. The zero-order chi connectivity index (χ0) is 15.1. The van der Waals surface area contributed by atoms with Crippen LogP contribution < -0.4 is 5.32 Å². The maximum atomic E-state index is 14.3. The zero-order valence-corrected chi connectivity index (χ0v) is 13.1. The average Bonchev–Trinajstić information content (AvgIpc) is 3.29. The fourth-order valence-corrected chi connectivity index (χ4v) is 4.49. The number of nitrogens with one attached hydrogen (secondary N) is 1. The molecule has 2 heterocycles. The first kappa shape index (κ1) is 14.1. The minimum Gasteiger partial charge on any atom is -0.312 e. The Hall–Kier alpha value is -1.52. The highest BCUT2D eigenvalue weighted by atomic mass is 32.1. The van der Waals surface area contributed by atoms with Crippen molar-refractivity contribution in [3.05, 3.63) is 57.0 Å². The van der Waals surface area contributed by atoms with Crippen molar-refractivity contribution in [3.63, 3.8) is 0 Å². The summed E-state index contributed by atoms with van der Waals surface area (Å²) in [5.41, 5.74) is 1.81. The molecule has 1 atom stereocenters. The van der Waals surface area contributed by atoms with Crippen molar-refractivity contribution < 1.29 is 9.18 Å². The molecule has 1 aliphatic heterocycles. The van der Waals surface area contributed by atoms with E-state index < -0.39 is 5.92 Å². The van der Waals surface area contributed by atoms with Crippen LogP contribution in [0.2, 0.25) is 0 Å². The number of hydrogen-bond donors (Lipinski definition) is 1. The summed E-state index contributed by atoms with van der Waals surface area (Å²) in [4.78, 5) is 15.2. The predicted octanol–water partition coefficient (Wildman–Crippen LogP) is 3.64. The number of rotatable bonds is 4. The van der Waals surface area contributed by atoms with Crippen LogP contribution in [0, 0.1) is 11.7 Å². The highest BCUT2D eigenvalue weighted by Gasteiger charge is 2.38. The summed E-state index contributed by atoms with van der Waals surface area (Å²) < 4.78 is 14.3. The van der Waals surface area contributed by atoms with Gasteiger partial charge in [-0.25, -0.2) is 4.39 Å². The molecule has 2 aliphatic rings. The van der Waals surface area contributed by atoms with E-state index in [1.807, 2.05) is 6.07 Å². The number of hydrogen-bond acceptors (Lipinski definition) is 3. The Morgan fingerprint density at radius 1 is 1.32 bits per heavy atom. The average molecular weight is 315 g/mol. The van der Waals surface area contributed by atoms with Gasteiger partial charge in [-0.05, 0) is 37.0 Å². The molecule has 0 saturated heterocycles. The summed E-state index contributed by atoms with van der Waals surface area (Å²) in [6.07, 6.45) is 2.91. The Labute approximate surface area is 133 Å². The summed E-state index contributed by atoms with van der Waals surface area (Å²) in [7, 11) is 0. The normalized spacial score (nSPS) is 18.8. The Morgan fingerprint density at radius 3 is 2.86 bits per heavy atom. The predicted molar refractivity (Wildman–Crippen MR) is 85.7 cm³/mol. The smallest absolute Gasteiger partial charge is 0.148 e. The van der Waals surface area contributed by atoms with E-state index in [1.165, 1.54) is 16.5 Å². The molecule has 22 heavy (non-hydrogen) atoms. The molecule has 1 fully saturated rings. The monoisotopic (exact) mass is 315 g/mol. The SMILES string of the molecule is O=C(C1CC1)C(c1cc2c(s1)CCNC2)c1ccccc1F. The number of Topliss-reactive ketones (excluding diaryl/α,β-unsaturated/α-hetero) is 1. The summed E-state index contributed by atoms with van der Waals surface area (Å²) in [6, 6.07) is 8.83. The highest BCUT2D eigenvalue weighted by molar-refractivity contribution is 7.12. The lowest BCUT2D eigenvalue weighted by molar-refractivity contribution is -0.120. The largest absolute Gasteiger partial charge is 0.312 e. The fraction of sp³-hybridized carbons (Fsp3) is 0.389. The first-order chi connectivity index (χ1) is 10.7. The first-order valence-corrected chi connectivity index (χ1v) is 8.66. The van der Waals surface area contributed by atoms with E-state index in [-0.39, 0.29) is 17.5 Å². The van der Waals surface area contributed by atoms with Gasteiger partial charge in [0, 0.05) is 34.3 Å². The van der Waals surface area contributed by atoms with Gasteiger partial charge < -0.3 is 5.32 Å². The van der Waals surface area contributed by atoms with Crippen LogP contribution in [0.4, 0.5) is 4.39 Å². The van der Waals surface area contributed by atoms with Crippen molar-refractivity contribution in [2.24, 2.45) is 5.92 Å². The van der Waals surface area contributed by atoms with Gasteiger partial charge in [0.15, 0.2) is 0 Å². The molecule has 1 N–H and O–H groups in total. The van der Waals surface area contributed by atoms with E-state index in [0.717, 1.165) is 37.2 Å². The summed E-state index contributed by atoms with van der Waals surface area (Å²) >= 11 is 1.69. The summed E-state index contributed by atoms with van der Waals surface area (Å²) in [6.45, 7) is 1.83. The quantitative estimate of drug-likeness (QED) is 0.933. The first-order valence-electron chi connectivity index (χ1n) is 7.84. The van der Waals surface area contributed by atoms with Crippen molar-refractivity contribution in [2.45, 2.75) is 31.7 Å². The molecule has 2 aromatic rings. The van der Waals surface area contributed by atoms with Gasteiger partial charge in [-0.2, -0.15) is 0 Å². The van der Waals surface area contributed by atoms with Gasteiger partial charge >= 0.3 is 0 Å². The lowest BCUT2D eigenvalue weighted by Gasteiger charge is -2.15. The zero-order valence-electron chi connectivity index (χ0n) is 12.3. The van der Waals surface area contributed by atoms with Gasteiger partial charge in [0.05, 0.1) is 5.92 Å². The van der Waals surface area contributed by atoms with Crippen LogP contribution in [0.15, 0.2) is 30.3 Å². The number of benzene rings is 1. The van der Waals surface area contributed by atoms with Crippen molar-refractivity contribution in [2.75, 3.05) is 6.54 Å². The Morgan fingerprint density at radius 2 is 2.14 bits per heavy atom. The summed E-state index contributed by atoms with van der Waals surface area (Å²) in [5.74, 6) is -0.381. The number of carbonyl (C=O) groups is 1. The van der Waals surface area contributed by atoms with Crippen molar-refractivity contribution in [1.29, 1.82) is 0 Å². The lowest BCUT2D eigenvalue weighted by atomic mass is 9.90. The number of halogens is 1. The van der Waals surface area contributed by atoms with Crippen LogP contribution in [0.5, 0.6) is 0 Å². The molecule has 4 rings (SSSR count). The molecule has 2 nitrogen and oxygen atoms in total. The molecule has 1 aromatic heterocycles. The highest BCUT2D eigenvalue weighted by Crippen LogP contribution is 2.42. The molecule has 0 bridgehead atoms. The molecular formula is C18H18FNOS. The molecule has 1 aromatic carbocycles. The van der Waals surface area contributed by atoms with Gasteiger partial charge in [-0.3, -0.25) is 4.79 Å². The van der Waals surface area contributed by atoms with Gasteiger partial charge in [-0.1, -0.05) is 18.2 Å². The van der Waals surface area contributed by atoms with E-state index >= 15 is 0 Å². The third-order valence-electron chi connectivity index (χ3n) is 4.52. The fourth-order valence-electron chi connectivity index (χ4n) is 3.18. The van der Waals surface area contributed by atoms with Crippen molar-refractivity contribution >= 4 is 17.1 Å². The van der Waals surface area contributed by atoms with E-state index in [1.54, 1.807) is 23.5 Å². The maximum absolute atomic E-state index is 14.3. The second-order valence-electron chi connectivity index (χ2n) is 6.16. The second kappa shape index (κ2) is 5.60. The van der Waals surface area contributed by atoms with Crippen LogP contribution in [0.25, 0.3) is 0 Å². The Balaban J connectivity index is 1.78. The van der Waals surface area contributed by atoms with Crippen LogP contribution in [-0.4, -0.2) is 12.3 Å². The molecule has 1 aliphatic carbocycles. The molecule has 114 valence electrons. The molecule has 4 heteroatoms. The van der Waals surface area contributed by atoms with Crippen LogP contribution in [-0.2, 0) is 17.8 Å². The van der Waals surface area contributed by atoms with E-state index in [2.05, 4.69) is 11.4 Å². The minimum absolute atomic E-state index is 0.127. The molecule has 1 saturated carbocycles. The van der Waals surface area contributed by atoms with Gasteiger partial charge in [-0.15, -0.1) is 11.3 Å². The molecular weight excluding hydrogens is 297 g/mol. The van der Waals surface area contributed by atoms with Gasteiger partial charge in [0.1, 0.15) is 11.6 Å². The topological polar surface area (TPSA) is 29.1 Å². The third kappa shape index (κ3) is 2.50. The van der Waals surface area contributed by atoms with Gasteiger partial charge in [0.2, 0.25) is 0 Å². The van der Waals surface area contributed by atoms with Gasteiger partial charge in [0.25, 0.3) is 0 Å². The van der Waals surface area contributed by atoms with Crippen LogP contribution in [0.3, 0.4) is 0 Å². The lowest BCUT2D eigenvalue weighted by Crippen LogP contribution is -2.21. The minimum atomic E-state index is -0.427. The standard InChI is InChI=1S/C18H18FNOS/c19-14-4-2-1-3-13(14)17(18(21)11-5-6-11)16-9-12-10-20-8-7-15(12)22-16/h1-4,9,11,17,20H,5-8,10H2. The van der Waals surface area contributed by atoms with Crippen molar-refractivity contribution in [3.8, 4) is 0 Å². The molecule has 1 unspecified atom stereocenters. The third-order valence-corrected chi connectivity index (χ3v) is 5.83. The molecule has 0 spiro atoms. The molecule has 0 radical (unpaired) electrons. The van der Waals surface area contributed by atoms with Crippen LogP contribution in [0.1, 0.15) is 39.6 Å². The van der Waals surface area contributed by atoms with Crippen molar-refractivity contribution in [1.82, 2.24) is 5.32 Å². The van der Waals surface area contributed by atoms with E-state index in [4.69, 9.17) is 0 Å². The van der Waals surface area contributed by atoms with E-state index in [9.17, 15) is 9.18 Å². The molecule has 0 amide bonds. The second-order valence-corrected chi connectivity index (χ2v) is 7.32. The van der Waals surface area contributed by atoms with E-state index in [0.29, 0.717) is 5.56 Å². The Kier molecular flexibility index (Phi) is 3.59. The number of thiophene rings is 1. The summed E-state index contributed by atoms with van der Waals surface area (Å²) in [5, 5.41) is 3.36. The van der Waals surface area contributed by atoms with Crippen LogP contribution >= 0.6 is 11.3 Å².